The van der Waals surface area contributed by atoms with Gasteiger partial charge in [0.15, 0.2) is 0 Å². The second-order valence-electron chi connectivity index (χ2n) is 3.55. The smallest absolute Gasteiger partial charge is 0.272 e. The fourth-order valence-electron chi connectivity index (χ4n) is 1.56. The largest absolute Gasteiger partial charge is 0.330 e. The number of aryl methyl sites for hydroxylation is 1. The molecular formula is C11H14ClF2N. The normalized spacial score (nSPS) is 11.8. The van der Waals surface area contributed by atoms with E-state index in [2.05, 4.69) is 0 Å². The molecule has 0 aliphatic heterocycles. The molecule has 4 heteroatoms. The number of hydrogen-bond donors (Lipinski definition) is 1. The number of hydrogen-bond acceptors (Lipinski definition) is 1. The molecule has 0 saturated heterocycles. The lowest BCUT2D eigenvalue weighted by atomic mass is 9.99. The molecule has 1 rings (SSSR count). The summed E-state index contributed by atoms with van der Waals surface area (Å²) in [6, 6.07) is 4.85. The van der Waals surface area contributed by atoms with Crippen molar-refractivity contribution in [1.82, 2.24) is 0 Å². The molecule has 0 aliphatic rings. The van der Waals surface area contributed by atoms with Crippen LogP contribution in [0.3, 0.4) is 0 Å². The monoisotopic (exact) mass is 233 g/mol. The lowest BCUT2D eigenvalue weighted by Crippen LogP contribution is -2.12. The third kappa shape index (κ3) is 3.14. The minimum absolute atomic E-state index is 0.0693. The summed E-state index contributed by atoms with van der Waals surface area (Å²) in [5.74, 6) is -2.90. The van der Waals surface area contributed by atoms with Gasteiger partial charge < -0.3 is 5.73 Å². The van der Waals surface area contributed by atoms with Gasteiger partial charge in [-0.3, -0.25) is 0 Å². The van der Waals surface area contributed by atoms with Crippen molar-refractivity contribution < 1.29 is 8.78 Å². The van der Waals surface area contributed by atoms with Gasteiger partial charge in [-0.15, -0.1) is 0 Å². The van der Waals surface area contributed by atoms with Crippen molar-refractivity contribution in [3.63, 3.8) is 0 Å². The summed E-state index contributed by atoms with van der Waals surface area (Å²) in [7, 11) is 0. The Hall–Kier alpha value is -0.670. The van der Waals surface area contributed by atoms with E-state index in [1.165, 1.54) is 6.07 Å². The number of nitrogens with two attached hydrogens (primary N) is 1. The average molecular weight is 234 g/mol. The van der Waals surface area contributed by atoms with Gasteiger partial charge in [-0.25, -0.2) is 8.78 Å². The van der Waals surface area contributed by atoms with Crippen molar-refractivity contribution in [2.75, 3.05) is 6.54 Å². The van der Waals surface area contributed by atoms with Crippen LogP contribution in [0.4, 0.5) is 8.78 Å². The Morgan fingerprint density at radius 1 is 1.40 bits per heavy atom. The molecule has 0 radical (unpaired) electrons. The summed E-state index contributed by atoms with van der Waals surface area (Å²) in [5, 5.41) is 0.122. The average Bonchev–Trinajstić information content (AvgIpc) is 2.12. The molecule has 0 aliphatic carbocycles. The highest BCUT2D eigenvalue weighted by Crippen LogP contribution is 2.35. The number of halogens is 3. The van der Waals surface area contributed by atoms with E-state index < -0.39 is 5.92 Å². The Labute approximate surface area is 93.2 Å². The molecule has 0 bridgehead atoms. The van der Waals surface area contributed by atoms with Crippen LogP contribution in [0, 0.1) is 0 Å². The van der Waals surface area contributed by atoms with Crippen LogP contribution in [0.15, 0.2) is 18.2 Å². The molecule has 0 heterocycles. The minimum Gasteiger partial charge on any atom is -0.330 e. The first-order chi connectivity index (χ1) is 6.96. The SMILES string of the molecule is CC(F)(F)c1c(Cl)cccc1CCCN. The molecule has 0 saturated carbocycles. The summed E-state index contributed by atoms with van der Waals surface area (Å²) >= 11 is 5.78. The molecule has 0 spiro atoms. The van der Waals surface area contributed by atoms with Gasteiger partial charge in [-0.05, 0) is 31.0 Å². The van der Waals surface area contributed by atoms with Crippen molar-refractivity contribution >= 4 is 11.6 Å². The molecule has 84 valence electrons. The van der Waals surface area contributed by atoms with E-state index in [0.29, 0.717) is 24.9 Å². The quantitative estimate of drug-likeness (QED) is 0.848. The van der Waals surface area contributed by atoms with E-state index in [1.807, 2.05) is 0 Å². The molecule has 15 heavy (non-hydrogen) atoms. The fraction of sp³-hybridized carbons (Fsp3) is 0.455. The van der Waals surface area contributed by atoms with Crippen LogP contribution >= 0.6 is 11.6 Å². The van der Waals surface area contributed by atoms with Gasteiger partial charge in [0.1, 0.15) is 0 Å². The molecule has 0 atom stereocenters. The van der Waals surface area contributed by atoms with Gasteiger partial charge in [0.05, 0.1) is 5.02 Å². The maximum atomic E-state index is 13.3. The zero-order chi connectivity index (χ0) is 11.5. The van der Waals surface area contributed by atoms with Crippen molar-refractivity contribution in [3.8, 4) is 0 Å². The number of alkyl halides is 2. The van der Waals surface area contributed by atoms with Crippen molar-refractivity contribution in [2.45, 2.75) is 25.7 Å². The maximum Gasteiger partial charge on any atom is 0.272 e. The molecule has 0 unspecified atom stereocenters. The standard InChI is InChI=1S/C11H14ClF2N/c1-11(13,14)10-8(5-3-7-15)4-2-6-9(10)12/h2,4,6H,3,5,7,15H2,1H3. The Balaban J connectivity index is 3.09. The predicted molar refractivity (Wildman–Crippen MR) is 58.4 cm³/mol. The summed E-state index contributed by atoms with van der Waals surface area (Å²) in [6.45, 7) is 1.35. The van der Waals surface area contributed by atoms with Crippen molar-refractivity contribution in [2.24, 2.45) is 5.73 Å². The fourth-order valence-corrected chi connectivity index (χ4v) is 1.92. The predicted octanol–water partition coefficient (Wildman–Crippen LogP) is 3.34. The van der Waals surface area contributed by atoms with Crippen LogP contribution in [0.5, 0.6) is 0 Å². The molecule has 2 N–H and O–H groups in total. The molecule has 1 aromatic carbocycles. The van der Waals surface area contributed by atoms with Gasteiger partial charge in [0, 0.05) is 12.5 Å². The Bertz CT molecular complexity index is 334. The molecule has 0 amide bonds. The maximum absolute atomic E-state index is 13.3. The topological polar surface area (TPSA) is 26.0 Å². The first-order valence-electron chi connectivity index (χ1n) is 4.82. The minimum atomic E-state index is -2.90. The van der Waals surface area contributed by atoms with Crippen LogP contribution in [-0.4, -0.2) is 6.54 Å². The molecule has 1 nitrogen and oxygen atoms in total. The third-order valence-electron chi connectivity index (χ3n) is 2.19. The lowest BCUT2D eigenvalue weighted by Gasteiger charge is -2.17. The third-order valence-corrected chi connectivity index (χ3v) is 2.50. The molecule has 0 aromatic heterocycles. The van der Waals surface area contributed by atoms with Gasteiger partial charge in [-0.2, -0.15) is 0 Å². The second kappa shape index (κ2) is 4.90. The van der Waals surface area contributed by atoms with Crippen LogP contribution < -0.4 is 5.73 Å². The van der Waals surface area contributed by atoms with Gasteiger partial charge >= 0.3 is 0 Å². The van der Waals surface area contributed by atoms with E-state index in [9.17, 15) is 8.78 Å². The Morgan fingerprint density at radius 3 is 2.60 bits per heavy atom. The zero-order valence-corrected chi connectivity index (χ0v) is 9.32. The van der Waals surface area contributed by atoms with Crippen LogP contribution in [0.2, 0.25) is 5.02 Å². The van der Waals surface area contributed by atoms with E-state index >= 15 is 0 Å². The first kappa shape index (κ1) is 12.4. The lowest BCUT2D eigenvalue weighted by molar-refractivity contribution is 0.0166. The summed E-state index contributed by atoms with van der Waals surface area (Å²) < 4.78 is 26.6. The van der Waals surface area contributed by atoms with E-state index in [-0.39, 0.29) is 10.6 Å². The van der Waals surface area contributed by atoms with Crippen molar-refractivity contribution in [3.05, 3.63) is 34.3 Å². The van der Waals surface area contributed by atoms with Crippen LogP contribution in [0.1, 0.15) is 24.5 Å². The highest BCUT2D eigenvalue weighted by Gasteiger charge is 2.29. The Kier molecular flexibility index (Phi) is 4.05. The summed E-state index contributed by atoms with van der Waals surface area (Å²) in [4.78, 5) is 0. The van der Waals surface area contributed by atoms with E-state index in [1.54, 1.807) is 12.1 Å². The van der Waals surface area contributed by atoms with Crippen LogP contribution in [0.25, 0.3) is 0 Å². The van der Waals surface area contributed by atoms with E-state index in [0.717, 1.165) is 6.92 Å². The molecular weight excluding hydrogens is 220 g/mol. The molecule has 1 aromatic rings. The van der Waals surface area contributed by atoms with Gasteiger partial charge in [0.25, 0.3) is 5.92 Å². The number of rotatable bonds is 4. The molecule has 0 fully saturated rings. The Morgan fingerprint density at radius 2 is 2.07 bits per heavy atom. The second-order valence-corrected chi connectivity index (χ2v) is 3.96. The summed E-state index contributed by atoms with van der Waals surface area (Å²) in [5.41, 5.74) is 5.87. The zero-order valence-electron chi connectivity index (χ0n) is 8.56. The summed E-state index contributed by atoms with van der Waals surface area (Å²) in [6.07, 6.45) is 1.22. The van der Waals surface area contributed by atoms with Crippen molar-refractivity contribution in [1.29, 1.82) is 0 Å². The first-order valence-corrected chi connectivity index (χ1v) is 5.20. The highest BCUT2D eigenvalue weighted by atomic mass is 35.5. The highest BCUT2D eigenvalue weighted by molar-refractivity contribution is 6.31. The number of benzene rings is 1. The van der Waals surface area contributed by atoms with E-state index in [4.69, 9.17) is 17.3 Å². The van der Waals surface area contributed by atoms with Gasteiger partial charge in [0.2, 0.25) is 0 Å². The van der Waals surface area contributed by atoms with Gasteiger partial charge in [-0.1, -0.05) is 23.7 Å². The van der Waals surface area contributed by atoms with Crippen LogP contribution in [-0.2, 0) is 12.3 Å².